The van der Waals surface area contributed by atoms with Gasteiger partial charge in [0.1, 0.15) is 11.6 Å². The first-order valence-corrected chi connectivity index (χ1v) is 10.2. The molecule has 2 amide bonds. The fraction of sp³-hybridized carbons (Fsp3) is 0.500. The van der Waals surface area contributed by atoms with Gasteiger partial charge in [0.15, 0.2) is 0 Å². The topological polar surface area (TPSA) is 67.7 Å². The summed E-state index contributed by atoms with van der Waals surface area (Å²) < 4.78 is 20.3. The summed E-state index contributed by atoms with van der Waals surface area (Å²) in [6.45, 7) is 1.60. The van der Waals surface area contributed by atoms with Crippen molar-refractivity contribution in [2.75, 3.05) is 33.8 Å². The molecule has 2 aromatic rings. The Morgan fingerprint density at radius 2 is 2.00 bits per heavy atom. The highest BCUT2D eigenvalue weighted by Gasteiger charge is 2.26. The van der Waals surface area contributed by atoms with Gasteiger partial charge in [0.25, 0.3) is 5.91 Å². The molecule has 1 aliphatic rings. The molecule has 0 bridgehead atoms. The lowest BCUT2D eigenvalue weighted by molar-refractivity contribution is -0.133. The molecule has 0 N–H and O–H groups in total. The van der Waals surface area contributed by atoms with Crippen LogP contribution in [-0.4, -0.2) is 65.2 Å². The van der Waals surface area contributed by atoms with Crippen molar-refractivity contribution in [3.05, 3.63) is 47.5 Å². The summed E-state index contributed by atoms with van der Waals surface area (Å²) >= 11 is 0. The average Bonchev–Trinajstić information content (AvgIpc) is 3.07. The molecule has 3 rings (SSSR count). The fourth-order valence-corrected chi connectivity index (χ4v) is 3.74. The van der Waals surface area contributed by atoms with Crippen LogP contribution in [0.3, 0.4) is 0 Å². The van der Waals surface area contributed by atoms with Crippen LogP contribution in [0.4, 0.5) is 4.39 Å². The zero-order valence-corrected chi connectivity index (χ0v) is 17.8. The van der Waals surface area contributed by atoms with Gasteiger partial charge in [-0.3, -0.25) is 14.3 Å². The number of rotatable bonds is 7. The largest absolute Gasteiger partial charge is 0.493 e. The summed E-state index contributed by atoms with van der Waals surface area (Å²) in [5.74, 6) is 0.473. The molecule has 2 heterocycles. The number of aryl methyl sites for hydroxylation is 1. The Balaban J connectivity index is 1.46. The van der Waals surface area contributed by atoms with Gasteiger partial charge in [0.2, 0.25) is 5.91 Å². The quantitative estimate of drug-likeness (QED) is 0.696. The monoisotopic (exact) mass is 416 g/mol. The first-order valence-electron chi connectivity index (χ1n) is 10.2. The van der Waals surface area contributed by atoms with E-state index in [1.807, 2.05) is 11.9 Å². The number of halogens is 1. The van der Waals surface area contributed by atoms with Crippen molar-refractivity contribution < 1.29 is 18.7 Å². The number of nitrogens with zero attached hydrogens (tertiary/aromatic N) is 4. The molecular formula is C22H29FN4O3. The molecule has 1 fully saturated rings. The highest BCUT2D eigenvalue weighted by atomic mass is 19.1. The maximum absolute atomic E-state index is 13.2. The standard InChI is InChI=1S/C22H29FN4O3/c1-25(2)22(29)19-15-26(3)24-20(19)13-16-7-10-27(11-8-16)21(28)9-12-30-18-6-4-5-17(23)14-18/h4-6,14-16H,7-13H2,1-3H3. The molecule has 0 atom stereocenters. The van der Waals surface area contributed by atoms with Crippen LogP contribution in [0.1, 0.15) is 35.3 Å². The van der Waals surface area contributed by atoms with E-state index in [1.165, 1.54) is 12.1 Å². The van der Waals surface area contributed by atoms with E-state index in [1.54, 1.807) is 42.0 Å². The number of piperidine rings is 1. The second-order valence-corrected chi connectivity index (χ2v) is 7.95. The number of hydrogen-bond acceptors (Lipinski definition) is 4. The van der Waals surface area contributed by atoms with Crippen LogP contribution in [0.25, 0.3) is 0 Å². The second-order valence-electron chi connectivity index (χ2n) is 7.95. The molecule has 0 aliphatic carbocycles. The van der Waals surface area contributed by atoms with Crippen molar-refractivity contribution in [2.24, 2.45) is 13.0 Å². The van der Waals surface area contributed by atoms with Crippen LogP contribution in [0.2, 0.25) is 0 Å². The van der Waals surface area contributed by atoms with Gasteiger partial charge in [0.05, 0.1) is 24.3 Å². The Hall–Kier alpha value is -2.90. The number of hydrogen-bond donors (Lipinski definition) is 0. The van der Waals surface area contributed by atoms with Crippen molar-refractivity contribution in [2.45, 2.75) is 25.7 Å². The number of carbonyl (C=O) groups excluding carboxylic acids is 2. The molecular weight excluding hydrogens is 387 g/mol. The van der Waals surface area contributed by atoms with Gasteiger partial charge in [-0.15, -0.1) is 0 Å². The Bertz CT molecular complexity index is 888. The molecule has 162 valence electrons. The van der Waals surface area contributed by atoms with Crippen molar-refractivity contribution in [3.8, 4) is 5.75 Å². The molecule has 30 heavy (non-hydrogen) atoms. The van der Waals surface area contributed by atoms with E-state index < -0.39 is 0 Å². The molecule has 0 radical (unpaired) electrons. The van der Waals surface area contributed by atoms with Crippen LogP contribution in [0.5, 0.6) is 5.75 Å². The normalized spacial score (nSPS) is 14.6. The molecule has 1 aromatic carbocycles. The lowest BCUT2D eigenvalue weighted by atomic mass is 9.91. The number of carbonyl (C=O) groups is 2. The fourth-order valence-electron chi connectivity index (χ4n) is 3.74. The molecule has 0 unspecified atom stereocenters. The molecule has 0 saturated carbocycles. The summed E-state index contributed by atoms with van der Waals surface area (Å²) in [5.41, 5.74) is 1.47. The van der Waals surface area contributed by atoms with Gasteiger partial charge in [0, 0.05) is 46.5 Å². The van der Waals surface area contributed by atoms with Gasteiger partial charge in [-0.1, -0.05) is 6.07 Å². The third-order valence-corrected chi connectivity index (χ3v) is 5.37. The van der Waals surface area contributed by atoms with E-state index in [9.17, 15) is 14.0 Å². The summed E-state index contributed by atoms with van der Waals surface area (Å²) in [4.78, 5) is 28.2. The number of benzene rings is 1. The molecule has 8 heteroatoms. The van der Waals surface area contributed by atoms with E-state index in [0.29, 0.717) is 30.3 Å². The smallest absolute Gasteiger partial charge is 0.256 e. The number of ether oxygens (including phenoxy) is 1. The van der Waals surface area contributed by atoms with Crippen molar-refractivity contribution in [1.29, 1.82) is 0 Å². The van der Waals surface area contributed by atoms with Gasteiger partial charge in [-0.05, 0) is 37.3 Å². The minimum atomic E-state index is -0.357. The predicted octanol–water partition coefficient (Wildman–Crippen LogP) is 2.51. The SMILES string of the molecule is CN(C)C(=O)c1cn(C)nc1CC1CCN(C(=O)CCOc2cccc(F)c2)CC1. The van der Waals surface area contributed by atoms with Crippen molar-refractivity contribution in [1.82, 2.24) is 19.6 Å². The predicted molar refractivity (Wildman–Crippen MR) is 111 cm³/mol. The molecule has 7 nitrogen and oxygen atoms in total. The van der Waals surface area contributed by atoms with Crippen LogP contribution in [-0.2, 0) is 18.3 Å². The lowest BCUT2D eigenvalue weighted by Gasteiger charge is -2.32. The van der Waals surface area contributed by atoms with Crippen LogP contribution < -0.4 is 4.74 Å². The molecule has 1 saturated heterocycles. The van der Waals surface area contributed by atoms with Crippen LogP contribution in [0.15, 0.2) is 30.5 Å². The lowest BCUT2D eigenvalue weighted by Crippen LogP contribution is -2.39. The average molecular weight is 416 g/mol. The highest BCUT2D eigenvalue weighted by molar-refractivity contribution is 5.94. The van der Waals surface area contributed by atoms with Crippen molar-refractivity contribution >= 4 is 11.8 Å². The number of likely N-dealkylation sites (tertiary alicyclic amines) is 1. The molecule has 1 aromatic heterocycles. The first kappa shape index (κ1) is 21.8. The third kappa shape index (κ3) is 5.58. The Morgan fingerprint density at radius 3 is 2.67 bits per heavy atom. The Labute approximate surface area is 176 Å². The van der Waals surface area contributed by atoms with E-state index >= 15 is 0 Å². The summed E-state index contributed by atoms with van der Waals surface area (Å²) in [6.07, 6.45) is 4.53. The number of aromatic nitrogens is 2. The van der Waals surface area contributed by atoms with Crippen LogP contribution in [0, 0.1) is 11.7 Å². The van der Waals surface area contributed by atoms with Crippen molar-refractivity contribution in [3.63, 3.8) is 0 Å². The molecule has 0 spiro atoms. The minimum Gasteiger partial charge on any atom is -0.493 e. The van der Waals surface area contributed by atoms with Gasteiger partial charge in [-0.25, -0.2) is 4.39 Å². The maximum Gasteiger partial charge on any atom is 0.256 e. The third-order valence-electron chi connectivity index (χ3n) is 5.37. The first-order chi connectivity index (χ1) is 14.3. The highest BCUT2D eigenvalue weighted by Crippen LogP contribution is 2.23. The van der Waals surface area contributed by atoms with Gasteiger partial charge in [-0.2, -0.15) is 5.10 Å². The maximum atomic E-state index is 13.2. The van der Waals surface area contributed by atoms with E-state index in [-0.39, 0.29) is 30.7 Å². The minimum absolute atomic E-state index is 0.0380. The van der Waals surface area contributed by atoms with Gasteiger partial charge < -0.3 is 14.5 Å². The van der Waals surface area contributed by atoms with Gasteiger partial charge >= 0.3 is 0 Å². The van der Waals surface area contributed by atoms with Crippen LogP contribution >= 0.6 is 0 Å². The Morgan fingerprint density at radius 1 is 1.27 bits per heavy atom. The second kappa shape index (κ2) is 9.73. The summed E-state index contributed by atoms with van der Waals surface area (Å²) in [5, 5.41) is 4.48. The Kier molecular flexibility index (Phi) is 7.07. The van der Waals surface area contributed by atoms with E-state index in [0.717, 1.165) is 25.0 Å². The molecule has 1 aliphatic heterocycles. The zero-order chi connectivity index (χ0) is 21.7. The van der Waals surface area contributed by atoms with E-state index in [2.05, 4.69) is 5.10 Å². The zero-order valence-electron chi connectivity index (χ0n) is 17.8. The summed E-state index contributed by atoms with van der Waals surface area (Å²) in [6, 6.07) is 5.91. The summed E-state index contributed by atoms with van der Waals surface area (Å²) in [7, 11) is 5.30. The van der Waals surface area contributed by atoms with E-state index in [4.69, 9.17) is 4.74 Å². The number of amides is 2.